The number of hydrogen-bond acceptors (Lipinski definition) is 4. The third-order valence-corrected chi connectivity index (χ3v) is 6.35. The van der Waals surface area contributed by atoms with Gasteiger partial charge in [-0.3, -0.25) is 9.69 Å². The highest BCUT2D eigenvalue weighted by Crippen LogP contribution is 2.40. The molecule has 1 amide bonds. The van der Waals surface area contributed by atoms with Crippen molar-refractivity contribution in [2.75, 3.05) is 18.4 Å². The summed E-state index contributed by atoms with van der Waals surface area (Å²) < 4.78 is 84.8. The van der Waals surface area contributed by atoms with E-state index in [2.05, 4.69) is 10.3 Å². The zero-order chi connectivity index (χ0) is 26.9. The normalized spacial score (nSPS) is 18.6. The standard InChI is InChI=1S/C24H23F6N5O2/c1-14(33-7-4-24(29,30)19(12-33)16-2-5-35(37)6-3-16)23(36)32-20-13-34(22(31-20)21(27)28)11-15-8-17(25)10-18(26)9-15/h2-3,5-6,8-10,13-14,19,21H,4,7,11-12H2,1H3,(H,32,36)/t14-,19+/m0/s1. The molecule has 0 spiro atoms. The molecule has 1 saturated heterocycles. The second-order valence-electron chi connectivity index (χ2n) is 8.91. The first-order chi connectivity index (χ1) is 17.4. The lowest BCUT2D eigenvalue weighted by atomic mass is 9.87. The zero-order valence-electron chi connectivity index (χ0n) is 19.6. The predicted molar refractivity (Wildman–Crippen MR) is 120 cm³/mol. The maximum absolute atomic E-state index is 14.6. The molecule has 3 aromatic rings. The highest BCUT2D eigenvalue weighted by molar-refractivity contribution is 5.93. The molecule has 2 atom stereocenters. The number of amides is 1. The quantitative estimate of drug-likeness (QED) is 0.284. The number of halogens is 6. The molecule has 7 nitrogen and oxygen atoms in total. The second-order valence-corrected chi connectivity index (χ2v) is 8.91. The summed E-state index contributed by atoms with van der Waals surface area (Å²) in [5.74, 6) is -7.64. The summed E-state index contributed by atoms with van der Waals surface area (Å²) in [4.78, 5) is 18.2. The fourth-order valence-electron chi connectivity index (χ4n) is 4.37. The molecule has 0 unspecified atom stereocenters. The Balaban J connectivity index is 1.48. The summed E-state index contributed by atoms with van der Waals surface area (Å²) >= 11 is 0. The van der Waals surface area contributed by atoms with Gasteiger partial charge in [0, 0.05) is 50.5 Å². The second kappa shape index (κ2) is 10.4. The number of anilines is 1. The Bertz CT molecular complexity index is 1250. The highest BCUT2D eigenvalue weighted by Gasteiger charge is 2.46. The van der Waals surface area contributed by atoms with Gasteiger partial charge in [-0.15, -0.1) is 0 Å². The molecular weight excluding hydrogens is 504 g/mol. The average molecular weight is 527 g/mol. The maximum Gasteiger partial charge on any atom is 0.295 e. The van der Waals surface area contributed by atoms with Gasteiger partial charge in [0.1, 0.15) is 11.6 Å². The number of nitrogens with zero attached hydrogens (tertiary/aromatic N) is 4. The number of benzene rings is 1. The number of likely N-dealkylation sites (tertiary alicyclic amines) is 1. The van der Waals surface area contributed by atoms with Gasteiger partial charge in [0.15, 0.2) is 24.0 Å². The van der Waals surface area contributed by atoms with Crippen LogP contribution in [-0.4, -0.2) is 45.4 Å². The van der Waals surface area contributed by atoms with Gasteiger partial charge in [-0.05, 0) is 30.2 Å². The van der Waals surface area contributed by atoms with E-state index in [9.17, 15) is 36.3 Å². The van der Waals surface area contributed by atoms with Crippen LogP contribution in [0.5, 0.6) is 0 Å². The van der Waals surface area contributed by atoms with Crippen molar-refractivity contribution in [3.05, 3.63) is 82.7 Å². The van der Waals surface area contributed by atoms with Gasteiger partial charge in [-0.2, -0.15) is 4.73 Å². The molecule has 198 valence electrons. The van der Waals surface area contributed by atoms with E-state index in [4.69, 9.17) is 0 Å². The number of carbonyl (C=O) groups is 1. The van der Waals surface area contributed by atoms with Gasteiger partial charge in [0.25, 0.3) is 12.3 Å². The van der Waals surface area contributed by atoms with Gasteiger partial charge in [-0.1, -0.05) is 0 Å². The van der Waals surface area contributed by atoms with Crippen LogP contribution >= 0.6 is 0 Å². The lowest BCUT2D eigenvalue weighted by Crippen LogP contribution is -2.52. The fourth-order valence-corrected chi connectivity index (χ4v) is 4.37. The third kappa shape index (κ3) is 6.04. The van der Waals surface area contributed by atoms with Crippen LogP contribution in [0.1, 0.15) is 42.6 Å². The van der Waals surface area contributed by atoms with Crippen molar-refractivity contribution >= 4 is 11.7 Å². The van der Waals surface area contributed by atoms with E-state index in [1.54, 1.807) is 0 Å². The number of aromatic nitrogens is 3. The van der Waals surface area contributed by atoms with Crippen molar-refractivity contribution in [2.24, 2.45) is 0 Å². The van der Waals surface area contributed by atoms with Crippen LogP contribution in [0.4, 0.5) is 32.2 Å². The fraction of sp³-hybridized carbons (Fsp3) is 0.375. The van der Waals surface area contributed by atoms with Crippen molar-refractivity contribution in [3.8, 4) is 0 Å². The minimum atomic E-state index is -3.05. The van der Waals surface area contributed by atoms with E-state index < -0.39 is 54.1 Å². The maximum atomic E-state index is 14.6. The summed E-state index contributed by atoms with van der Waals surface area (Å²) in [5, 5.41) is 13.7. The SMILES string of the molecule is C[C@@H](C(=O)Nc1cn(Cc2cc(F)cc(F)c2)c(C(F)F)n1)N1CCC(F)(F)[C@@H](c2cc[n+]([O-])cc2)C1. The molecule has 1 N–H and O–H groups in total. The first kappa shape index (κ1) is 26.5. The van der Waals surface area contributed by atoms with Crippen molar-refractivity contribution in [2.45, 2.75) is 44.2 Å². The summed E-state index contributed by atoms with van der Waals surface area (Å²) in [6.45, 7) is 0.906. The van der Waals surface area contributed by atoms with Crippen molar-refractivity contribution < 1.29 is 35.9 Å². The zero-order valence-corrected chi connectivity index (χ0v) is 19.6. The number of hydrogen-bond donors (Lipinski definition) is 1. The summed E-state index contributed by atoms with van der Waals surface area (Å²) in [7, 11) is 0. The van der Waals surface area contributed by atoms with E-state index in [1.807, 2.05) is 0 Å². The molecule has 0 aliphatic carbocycles. The number of carbonyl (C=O) groups excluding carboxylic acids is 1. The molecule has 37 heavy (non-hydrogen) atoms. The van der Waals surface area contributed by atoms with Crippen LogP contribution in [0.15, 0.2) is 48.9 Å². The number of piperidine rings is 1. The molecule has 1 aliphatic rings. The number of rotatable bonds is 7. The van der Waals surface area contributed by atoms with Crippen LogP contribution in [0.25, 0.3) is 0 Å². The van der Waals surface area contributed by atoms with E-state index in [1.165, 1.54) is 24.0 Å². The van der Waals surface area contributed by atoms with Gasteiger partial charge >= 0.3 is 0 Å². The van der Waals surface area contributed by atoms with Crippen molar-refractivity contribution in [1.82, 2.24) is 14.5 Å². The minimum Gasteiger partial charge on any atom is -0.619 e. The van der Waals surface area contributed by atoms with E-state index in [0.29, 0.717) is 10.8 Å². The molecular formula is C24H23F6N5O2. The van der Waals surface area contributed by atoms with Crippen LogP contribution in [0.3, 0.4) is 0 Å². The molecule has 0 radical (unpaired) electrons. The Morgan fingerprint density at radius 2 is 1.86 bits per heavy atom. The Kier molecular flexibility index (Phi) is 7.44. The molecule has 13 heteroatoms. The number of imidazole rings is 1. The lowest BCUT2D eigenvalue weighted by molar-refractivity contribution is -0.605. The molecule has 1 aliphatic heterocycles. The number of alkyl halides is 4. The molecule has 3 heterocycles. The Labute approximate surface area is 207 Å². The lowest BCUT2D eigenvalue weighted by Gasteiger charge is -2.40. The van der Waals surface area contributed by atoms with E-state index in [-0.39, 0.29) is 36.6 Å². The predicted octanol–water partition coefficient (Wildman–Crippen LogP) is 4.23. The van der Waals surface area contributed by atoms with Gasteiger partial charge in [0.2, 0.25) is 5.91 Å². The largest absolute Gasteiger partial charge is 0.619 e. The van der Waals surface area contributed by atoms with E-state index in [0.717, 1.165) is 35.3 Å². The smallest absolute Gasteiger partial charge is 0.295 e. The Morgan fingerprint density at radius 3 is 2.49 bits per heavy atom. The summed E-state index contributed by atoms with van der Waals surface area (Å²) in [5.41, 5.74) is 0.329. The average Bonchev–Trinajstić information content (AvgIpc) is 3.20. The Hall–Kier alpha value is -3.61. The highest BCUT2D eigenvalue weighted by atomic mass is 19.3. The first-order valence-electron chi connectivity index (χ1n) is 11.3. The van der Waals surface area contributed by atoms with Crippen LogP contribution in [0, 0.1) is 16.8 Å². The van der Waals surface area contributed by atoms with Crippen molar-refractivity contribution in [3.63, 3.8) is 0 Å². The number of nitrogens with one attached hydrogen (secondary N) is 1. The monoisotopic (exact) mass is 527 g/mol. The molecule has 0 bridgehead atoms. The molecule has 1 fully saturated rings. The van der Waals surface area contributed by atoms with Gasteiger partial charge < -0.3 is 15.1 Å². The molecule has 1 aromatic carbocycles. The summed E-state index contributed by atoms with van der Waals surface area (Å²) in [6.07, 6.45) is -0.198. The van der Waals surface area contributed by atoms with Crippen LogP contribution in [-0.2, 0) is 11.3 Å². The van der Waals surface area contributed by atoms with Crippen molar-refractivity contribution in [1.29, 1.82) is 0 Å². The molecule has 4 rings (SSSR count). The Morgan fingerprint density at radius 1 is 1.22 bits per heavy atom. The topological polar surface area (TPSA) is 77.1 Å². The van der Waals surface area contributed by atoms with Crippen LogP contribution < -0.4 is 10.0 Å². The van der Waals surface area contributed by atoms with Crippen LogP contribution in [0.2, 0.25) is 0 Å². The van der Waals surface area contributed by atoms with Gasteiger partial charge in [-0.25, -0.2) is 31.3 Å². The van der Waals surface area contributed by atoms with Gasteiger partial charge in [0.05, 0.1) is 12.0 Å². The minimum absolute atomic E-state index is 0.0757. The number of pyridine rings is 1. The third-order valence-electron chi connectivity index (χ3n) is 6.35. The first-order valence-corrected chi connectivity index (χ1v) is 11.3. The van der Waals surface area contributed by atoms with E-state index >= 15 is 0 Å². The summed E-state index contributed by atoms with van der Waals surface area (Å²) in [6, 6.07) is 4.34. The molecule has 0 saturated carbocycles. The molecule has 2 aromatic heterocycles.